The third kappa shape index (κ3) is 4.30. The molecule has 2 atom stereocenters. The molecule has 22 heavy (non-hydrogen) atoms. The van der Waals surface area contributed by atoms with Crippen LogP contribution < -0.4 is 5.32 Å². The van der Waals surface area contributed by atoms with Gasteiger partial charge in [-0.15, -0.1) is 0 Å². The van der Waals surface area contributed by atoms with E-state index in [-0.39, 0.29) is 17.4 Å². The molecule has 0 spiro atoms. The maximum absolute atomic E-state index is 12.0. The van der Waals surface area contributed by atoms with E-state index in [1.807, 2.05) is 0 Å². The maximum atomic E-state index is 12.0. The van der Waals surface area contributed by atoms with Gasteiger partial charge >= 0.3 is 5.97 Å². The minimum Gasteiger partial charge on any atom is -0.481 e. The number of benzene rings is 1. The molecule has 2 rings (SSSR count). The van der Waals surface area contributed by atoms with E-state index in [0.717, 1.165) is 5.56 Å². The molecule has 1 heterocycles. The number of carboxylic acids is 1. The zero-order chi connectivity index (χ0) is 16.3. The first-order chi connectivity index (χ1) is 10.3. The summed E-state index contributed by atoms with van der Waals surface area (Å²) in [6, 6.07) is 6.93. The van der Waals surface area contributed by atoms with Gasteiger partial charge in [-0.3, -0.25) is 9.59 Å². The summed E-state index contributed by atoms with van der Waals surface area (Å²) in [7, 11) is -3.08. The monoisotopic (exact) mass is 325 g/mol. The van der Waals surface area contributed by atoms with Crippen molar-refractivity contribution < 1.29 is 23.1 Å². The van der Waals surface area contributed by atoms with Crippen LogP contribution in [0.1, 0.15) is 18.9 Å². The van der Waals surface area contributed by atoms with Crippen LogP contribution in [0.3, 0.4) is 0 Å². The highest BCUT2D eigenvalue weighted by atomic mass is 32.2. The molecule has 0 saturated carbocycles. The van der Waals surface area contributed by atoms with E-state index in [1.54, 1.807) is 31.2 Å². The Morgan fingerprint density at radius 3 is 2.45 bits per heavy atom. The predicted molar refractivity (Wildman–Crippen MR) is 82.3 cm³/mol. The zero-order valence-electron chi connectivity index (χ0n) is 12.3. The van der Waals surface area contributed by atoms with Gasteiger partial charge in [-0.2, -0.15) is 0 Å². The quantitative estimate of drug-likeness (QED) is 0.850. The number of rotatable bonds is 5. The molecule has 1 aliphatic heterocycles. The van der Waals surface area contributed by atoms with Crippen molar-refractivity contribution in [3.63, 3.8) is 0 Å². The summed E-state index contributed by atoms with van der Waals surface area (Å²) in [5.74, 6) is -2.11. The van der Waals surface area contributed by atoms with E-state index >= 15 is 0 Å². The van der Waals surface area contributed by atoms with Crippen molar-refractivity contribution >= 4 is 27.4 Å². The molecule has 120 valence electrons. The lowest BCUT2D eigenvalue weighted by Gasteiger charge is -2.11. The Hall–Kier alpha value is -1.89. The third-order valence-electron chi connectivity index (χ3n) is 3.79. The second-order valence-electron chi connectivity index (χ2n) is 5.73. The molecule has 2 N–H and O–H groups in total. The number of carboxylic acid groups (broad SMARTS) is 1. The van der Waals surface area contributed by atoms with Crippen LogP contribution in [0.2, 0.25) is 0 Å². The van der Waals surface area contributed by atoms with E-state index < -0.39 is 27.6 Å². The van der Waals surface area contributed by atoms with Crippen molar-refractivity contribution in [2.24, 2.45) is 11.8 Å². The molecule has 0 aliphatic carbocycles. The van der Waals surface area contributed by atoms with Crippen LogP contribution in [-0.2, 0) is 25.8 Å². The first kappa shape index (κ1) is 16.5. The Morgan fingerprint density at radius 1 is 1.32 bits per heavy atom. The van der Waals surface area contributed by atoms with E-state index in [4.69, 9.17) is 5.11 Å². The molecule has 0 bridgehead atoms. The van der Waals surface area contributed by atoms with Crippen molar-refractivity contribution in [1.82, 2.24) is 0 Å². The number of amides is 1. The zero-order valence-corrected chi connectivity index (χ0v) is 13.1. The number of carbonyl (C=O) groups is 2. The molecule has 1 fully saturated rings. The first-order valence-corrected chi connectivity index (χ1v) is 8.92. The van der Waals surface area contributed by atoms with Gasteiger partial charge in [0.15, 0.2) is 9.84 Å². The summed E-state index contributed by atoms with van der Waals surface area (Å²) in [5.41, 5.74) is 1.46. The average Bonchev–Trinajstić information content (AvgIpc) is 2.81. The van der Waals surface area contributed by atoms with E-state index in [2.05, 4.69) is 5.32 Å². The molecule has 1 amide bonds. The van der Waals surface area contributed by atoms with Crippen LogP contribution in [0.25, 0.3) is 0 Å². The number of hydrogen-bond donors (Lipinski definition) is 2. The van der Waals surface area contributed by atoms with Gasteiger partial charge in [0.2, 0.25) is 5.91 Å². The standard InChI is InChI=1S/C15H19NO5S/c1-10(15(18)19)8-11-2-4-13(5-3-11)16-14(17)12-6-7-22(20,21)9-12/h2-5,10,12H,6-9H2,1H3,(H,16,17)(H,18,19)/t10-,12+/m1/s1. The van der Waals surface area contributed by atoms with Gasteiger partial charge in [0.1, 0.15) is 0 Å². The maximum Gasteiger partial charge on any atom is 0.306 e. The molecule has 0 aromatic heterocycles. The number of sulfone groups is 1. The highest BCUT2D eigenvalue weighted by molar-refractivity contribution is 7.91. The average molecular weight is 325 g/mol. The number of carbonyl (C=O) groups excluding carboxylic acids is 1. The Balaban J connectivity index is 1.94. The summed E-state index contributed by atoms with van der Waals surface area (Å²) in [4.78, 5) is 22.8. The minimum absolute atomic E-state index is 0.0666. The second-order valence-corrected chi connectivity index (χ2v) is 7.96. The van der Waals surface area contributed by atoms with E-state index in [0.29, 0.717) is 18.5 Å². The van der Waals surface area contributed by atoms with E-state index in [1.165, 1.54) is 0 Å². The van der Waals surface area contributed by atoms with Gasteiger partial charge < -0.3 is 10.4 Å². The van der Waals surface area contributed by atoms with Gasteiger partial charge in [-0.05, 0) is 30.5 Å². The molecule has 1 saturated heterocycles. The van der Waals surface area contributed by atoms with Gasteiger partial charge in [0.25, 0.3) is 0 Å². The molecule has 1 aromatic carbocycles. The fourth-order valence-corrected chi connectivity index (χ4v) is 4.15. The summed E-state index contributed by atoms with van der Waals surface area (Å²) in [6.07, 6.45) is 0.785. The highest BCUT2D eigenvalue weighted by Crippen LogP contribution is 2.21. The lowest BCUT2D eigenvalue weighted by Crippen LogP contribution is -2.23. The summed E-state index contributed by atoms with van der Waals surface area (Å²) >= 11 is 0. The summed E-state index contributed by atoms with van der Waals surface area (Å²) in [5, 5.41) is 11.6. The van der Waals surface area contributed by atoms with Crippen LogP contribution in [0.5, 0.6) is 0 Å². The molecule has 1 aromatic rings. The molecule has 0 unspecified atom stereocenters. The molecule has 6 nitrogen and oxygen atoms in total. The lowest BCUT2D eigenvalue weighted by atomic mass is 10.0. The van der Waals surface area contributed by atoms with Crippen molar-refractivity contribution in [3.05, 3.63) is 29.8 Å². The van der Waals surface area contributed by atoms with Crippen LogP contribution in [0.4, 0.5) is 5.69 Å². The van der Waals surface area contributed by atoms with Gasteiger partial charge in [0, 0.05) is 5.69 Å². The molecular weight excluding hydrogens is 306 g/mol. The van der Waals surface area contributed by atoms with Crippen LogP contribution in [0.15, 0.2) is 24.3 Å². The SMILES string of the molecule is C[C@H](Cc1ccc(NC(=O)[C@H]2CCS(=O)(=O)C2)cc1)C(=O)O. The van der Waals surface area contributed by atoms with Gasteiger partial charge in [-0.25, -0.2) is 8.42 Å². The van der Waals surface area contributed by atoms with E-state index in [9.17, 15) is 18.0 Å². The summed E-state index contributed by atoms with van der Waals surface area (Å²) in [6.45, 7) is 1.64. The van der Waals surface area contributed by atoms with Crippen molar-refractivity contribution in [2.45, 2.75) is 19.8 Å². The normalized spacial score (nSPS) is 21.2. The van der Waals surface area contributed by atoms with Crippen molar-refractivity contribution in [3.8, 4) is 0 Å². The van der Waals surface area contributed by atoms with Crippen molar-refractivity contribution in [2.75, 3.05) is 16.8 Å². The second kappa shape index (κ2) is 6.48. The first-order valence-electron chi connectivity index (χ1n) is 7.10. The molecule has 7 heteroatoms. The molecule has 1 aliphatic rings. The van der Waals surface area contributed by atoms with Crippen LogP contribution in [-0.4, -0.2) is 36.9 Å². The molecular formula is C15H19NO5S. The van der Waals surface area contributed by atoms with Crippen LogP contribution >= 0.6 is 0 Å². The highest BCUT2D eigenvalue weighted by Gasteiger charge is 2.32. The van der Waals surface area contributed by atoms with Gasteiger partial charge in [-0.1, -0.05) is 19.1 Å². The largest absolute Gasteiger partial charge is 0.481 e. The van der Waals surface area contributed by atoms with Crippen molar-refractivity contribution in [1.29, 1.82) is 0 Å². The Labute approximate surface area is 129 Å². The number of aliphatic carboxylic acids is 1. The molecule has 0 radical (unpaired) electrons. The Bertz CT molecular complexity index is 666. The fourth-order valence-electron chi connectivity index (χ4n) is 2.41. The Kier molecular flexibility index (Phi) is 4.85. The number of nitrogens with one attached hydrogen (secondary N) is 1. The van der Waals surface area contributed by atoms with Gasteiger partial charge in [0.05, 0.1) is 23.3 Å². The smallest absolute Gasteiger partial charge is 0.306 e. The number of anilines is 1. The summed E-state index contributed by atoms with van der Waals surface area (Å²) < 4.78 is 22.7. The third-order valence-corrected chi connectivity index (χ3v) is 5.56. The minimum atomic E-state index is -3.08. The fraction of sp³-hybridized carbons (Fsp3) is 0.467. The predicted octanol–water partition coefficient (Wildman–Crippen LogP) is 1.32. The Morgan fingerprint density at radius 2 is 1.95 bits per heavy atom. The topological polar surface area (TPSA) is 101 Å². The lowest BCUT2D eigenvalue weighted by molar-refractivity contribution is -0.141. The number of hydrogen-bond acceptors (Lipinski definition) is 4. The van der Waals surface area contributed by atoms with Crippen LogP contribution in [0, 0.1) is 11.8 Å².